The molecule has 0 saturated carbocycles. The van der Waals surface area contributed by atoms with Gasteiger partial charge in [0.05, 0.1) is 11.1 Å². The molecule has 0 aliphatic carbocycles. The van der Waals surface area contributed by atoms with E-state index < -0.39 is 10.8 Å². The van der Waals surface area contributed by atoms with Gasteiger partial charge >= 0.3 is 0 Å². The number of carbonyl (C=O) groups is 1. The Morgan fingerprint density at radius 3 is 2.64 bits per heavy atom. The monoisotopic (exact) mass is 341 g/mol. The summed E-state index contributed by atoms with van der Waals surface area (Å²) in [4.78, 5) is 26.9. The second-order valence-electron chi connectivity index (χ2n) is 5.68. The minimum atomic E-state index is -0.527. The van der Waals surface area contributed by atoms with Crippen molar-refractivity contribution in [3.8, 4) is 0 Å². The molecule has 7 nitrogen and oxygen atoms in total. The maximum absolute atomic E-state index is 11.7. The van der Waals surface area contributed by atoms with Gasteiger partial charge < -0.3 is 10.2 Å². The fraction of sp³-hybridized carbons (Fsp3) is 0.222. The topological polar surface area (TPSA) is 93.8 Å². The summed E-state index contributed by atoms with van der Waals surface area (Å²) in [5, 5.41) is 17.0. The Kier molecular flexibility index (Phi) is 6.22. The predicted octanol–water partition coefficient (Wildman–Crippen LogP) is 3.71. The van der Waals surface area contributed by atoms with Crippen molar-refractivity contribution in [1.29, 1.82) is 0 Å². The van der Waals surface area contributed by atoms with E-state index in [9.17, 15) is 14.9 Å². The fourth-order valence-corrected chi connectivity index (χ4v) is 2.06. The van der Waals surface area contributed by atoms with Crippen LogP contribution in [-0.2, 0) is 9.63 Å². The smallest absolute Gasteiger partial charge is 0.271 e. The molecule has 25 heavy (non-hydrogen) atoms. The highest BCUT2D eigenvalue weighted by Gasteiger charge is 2.08. The summed E-state index contributed by atoms with van der Waals surface area (Å²) in [5.41, 5.74) is 2.33. The lowest BCUT2D eigenvalue weighted by atomic mass is 10.0. The van der Waals surface area contributed by atoms with Crippen molar-refractivity contribution >= 4 is 23.5 Å². The van der Waals surface area contributed by atoms with Gasteiger partial charge in [0.15, 0.2) is 6.61 Å². The summed E-state index contributed by atoms with van der Waals surface area (Å²) in [5.74, 6) is 0.00699. The molecule has 130 valence electrons. The van der Waals surface area contributed by atoms with Crippen LogP contribution in [0, 0.1) is 10.1 Å². The van der Waals surface area contributed by atoms with Crippen LogP contribution in [-0.4, -0.2) is 23.7 Å². The molecule has 0 aliphatic heterocycles. The number of nitro groups is 1. The molecule has 0 heterocycles. The van der Waals surface area contributed by atoms with E-state index in [2.05, 4.69) is 24.3 Å². The van der Waals surface area contributed by atoms with Crippen molar-refractivity contribution in [1.82, 2.24) is 0 Å². The number of carbonyl (C=O) groups excluding carboxylic acids is 1. The first-order valence-electron chi connectivity index (χ1n) is 7.75. The Hall–Kier alpha value is -3.22. The molecule has 0 unspecified atom stereocenters. The molecule has 0 spiro atoms. The largest absolute Gasteiger partial charge is 0.386 e. The third-order valence-corrected chi connectivity index (χ3v) is 3.42. The molecule has 2 aromatic rings. The summed E-state index contributed by atoms with van der Waals surface area (Å²) in [6, 6.07) is 13.6. The summed E-state index contributed by atoms with van der Waals surface area (Å²) in [6.07, 6.45) is 1.52. The van der Waals surface area contributed by atoms with Gasteiger partial charge in [-0.15, -0.1) is 0 Å². The van der Waals surface area contributed by atoms with Crippen LogP contribution in [0.1, 0.15) is 30.9 Å². The van der Waals surface area contributed by atoms with Crippen LogP contribution in [0.3, 0.4) is 0 Å². The van der Waals surface area contributed by atoms with E-state index in [1.54, 1.807) is 6.07 Å². The van der Waals surface area contributed by atoms with Gasteiger partial charge in [-0.25, -0.2) is 0 Å². The first kappa shape index (κ1) is 18.1. The second kappa shape index (κ2) is 8.58. The Bertz CT molecular complexity index is 770. The van der Waals surface area contributed by atoms with Crippen LogP contribution in [0.15, 0.2) is 53.7 Å². The average molecular weight is 341 g/mol. The first-order chi connectivity index (χ1) is 12.0. The number of oxime groups is 1. The van der Waals surface area contributed by atoms with Crippen molar-refractivity contribution in [3.05, 3.63) is 69.8 Å². The Labute approximate surface area is 145 Å². The summed E-state index contributed by atoms with van der Waals surface area (Å²) >= 11 is 0. The Morgan fingerprint density at radius 1 is 1.28 bits per heavy atom. The Morgan fingerprint density at radius 2 is 2.00 bits per heavy atom. The van der Waals surface area contributed by atoms with Crippen molar-refractivity contribution in [2.45, 2.75) is 19.8 Å². The van der Waals surface area contributed by atoms with Crippen LogP contribution in [0.5, 0.6) is 0 Å². The van der Waals surface area contributed by atoms with E-state index >= 15 is 0 Å². The van der Waals surface area contributed by atoms with E-state index in [0.29, 0.717) is 11.6 Å². The van der Waals surface area contributed by atoms with E-state index in [1.165, 1.54) is 30.0 Å². The van der Waals surface area contributed by atoms with E-state index in [0.717, 1.165) is 5.56 Å². The number of hydrogen-bond acceptors (Lipinski definition) is 5. The van der Waals surface area contributed by atoms with Crippen molar-refractivity contribution in [2.75, 3.05) is 11.9 Å². The highest BCUT2D eigenvalue weighted by molar-refractivity contribution is 5.92. The molecule has 1 N–H and O–H groups in total. The third-order valence-electron chi connectivity index (χ3n) is 3.42. The summed E-state index contributed by atoms with van der Waals surface area (Å²) < 4.78 is 0. The second-order valence-corrected chi connectivity index (χ2v) is 5.68. The average Bonchev–Trinajstić information content (AvgIpc) is 2.59. The summed E-state index contributed by atoms with van der Waals surface area (Å²) in [7, 11) is 0. The minimum Gasteiger partial charge on any atom is -0.386 e. The highest BCUT2D eigenvalue weighted by atomic mass is 16.6. The van der Waals surface area contributed by atoms with Gasteiger partial charge in [0.25, 0.3) is 11.6 Å². The molecule has 0 fully saturated rings. The molecule has 0 aromatic heterocycles. The zero-order valence-electron chi connectivity index (χ0n) is 14.0. The van der Waals surface area contributed by atoms with Gasteiger partial charge in [-0.1, -0.05) is 49.3 Å². The van der Waals surface area contributed by atoms with E-state index in [-0.39, 0.29) is 12.3 Å². The normalized spacial score (nSPS) is 10.8. The zero-order chi connectivity index (χ0) is 18.2. The lowest BCUT2D eigenvalue weighted by Crippen LogP contribution is -2.17. The number of benzene rings is 2. The Balaban J connectivity index is 1.82. The molecule has 7 heteroatoms. The molecule has 0 aliphatic rings. The molecule has 0 saturated heterocycles. The van der Waals surface area contributed by atoms with Crippen molar-refractivity contribution in [2.24, 2.45) is 5.16 Å². The molecule has 0 radical (unpaired) electrons. The molecule has 2 aromatic carbocycles. The maximum Gasteiger partial charge on any atom is 0.271 e. The number of amides is 1. The number of anilines is 1. The molecule has 0 atom stereocenters. The lowest BCUT2D eigenvalue weighted by Gasteiger charge is -2.05. The van der Waals surface area contributed by atoms with Gasteiger partial charge in [-0.05, 0) is 23.1 Å². The maximum atomic E-state index is 11.7. The van der Waals surface area contributed by atoms with Crippen molar-refractivity contribution in [3.63, 3.8) is 0 Å². The fourth-order valence-electron chi connectivity index (χ4n) is 2.06. The number of nitro benzene ring substituents is 1. The first-order valence-corrected chi connectivity index (χ1v) is 7.75. The van der Waals surface area contributed by atoms with Crippen LogP contribution in [0.2, 0.25) is 0 Å². The van der Waals surface area contributed by atoms with Gasteiger partial charge in [-0.3, -0.25) is 14.9 Å². The SMILES string of the molecule is CC(C)c1ccc(/C=N\OCC(=O)Nc2cccc([N+](=O)[O-])c2)cc1. The van der Waals surface area contributed by atoms with Gasteiger partial charge in [0.2, 0.25) is 0 Å². The minimum absolute atomic E-state index is 0.0958. The van der Waals surface area contributed by atoms with Crippen LogP contribution in [0.4, 0.5) is 11.4 Å². The lowest BCUT2D eigenvalue weighted by molar-refractivity contribution is -0.384. The number of hydrogen-bond donors (Lipinski definition) is 1. The van der Waals surface area contributed by atoms with Crippen LogP contribution >= 0.6 is 0 Å². The number of nitrogens with zero attached hydrogens (tertiary/aromatic N) is 2. The highest BCUT2D eigenvalue weighted by Crippen LogP contribution is 2.17. The molecular weight excluding hydrogens is 322 g/mol. The van der Waals surface area contributed by atoms with E-state index in [4.69, 9.17) is 4.84 Å². The predicted molar refractivity (Wildman–Crippen MR) is 95.8 cm³/mol. The number of nitrogens with one attached hydrogen (secondary N) is 1. The standard InChI is InChI=1S/C18H19N3O4/c1-13(2)15-8-6-14(7-9-15)11-19-25-12-18(22)20-16-4-3-5-17(10-16)21(23)24/h3-11,13H,12H2,1-2H3,(H,20,22)/b19-11-. The van der Waals surface area contributed by atoms with Gasteiger partial charge in [-0.2, -0.15) is 0 Å². The quantitative estimate of drug-likeness (QED) is 0.472. The number of non-ortho nitro benzene ring substituents is 1. The van der Waals surface area contributed by atoms with Crippen LogP contribution < -0.4 is 5.32 Å². The van der Waals surface area contributed by atoms with Gasteiger partial charge in [0.1, 0.15) is 0 Å². The van der Waals surface area contributed by atoms with Crippen LogP contribution in [0.25, 0.3) is 0 Å². The summed E-state index contributed by atoms with van der Waals surface area (Å²) in [6.45, 7) is 3.95. The zero-order valence-corrected chi connectivity index (χ0v) is 14.0. The van der Waals surface area contributed by atoms with Gasteiger partial charge in [0, 0.05) is 17.8 Å². The number of rotatable bonds is 7. The molecular formula is C18H19N3O4. The van der Waals surface area contributed by atoms with E-state index in [1.807, 2.05) is 24.3 Å². The third kappa shape index (κ3) is 5.72. The molecule has 2 rings (SSSR count). The molecule has 0 bridgehead atoms. The van der Waals surface area contributed by atoms with Crippen molar-refractivity contribution < 1.29 is 14.6 Å². The molecule has 1 amide bonds.